The molecule has 0 aliphatic heterocycles. The van der Waals surface area contributed by atoms with Gasteiger partial charge in [0, 0.05) is 21.8 Å². The molecule has 1 heterocycles. The Labute approximate surface area is 117 Å². The lowest BCUT2D eigenvalue weighted by Crippen LogP contribution is -2.13. The first kappa shape index (κ1) is 13.6. The molecule has 0 saturated heterocycles. The van der Waals surface area contributed by atoms with Gasteiger partial charge in [-0.3, -0.25) is 9.89 Å². The fourth-order valence-electron chi connectivity index (χ4n) is 1.55. The van der Waals surface area contributed by atoms with Gasteiger partial charge in [0.1, 0.15) is 0 Å². The zero-order valence-corrected chi connectivity index (χ0v) is 11.9. The van der Waals surface area contributed by atoms with E-state index in [1.54, 1.807) is 30.3 Å². The van der Waals surface area contributed by atoms with Crippen molar-refractivity contribution in [1.29, 1.82) is 0 Å². The van der Waals surface area contributed by atoms with E-state index in [0.29, 0.717) is 16.4 Å². The van der Waals surface area contributed by atoms with Crippen molar-refractivity contribution in [2.75, 3.05) is 5.32 Å². The van der Waals surface area contributed by atoms with E-state index in [2.05, 4.69) is 36.3 Å². The number of anilines is 1. The monoisotopic (exact) mass is 277 g/mol. The van der Waals surface area contributed by atoms with Crippen LogP contribution in [0.25, 0.3) is 0 Å². The number of carbonyl (C=O) groups excluding carboxylic acids is 1. The highest BCUT2D eigenvalue weighted by molar-refractivity contribution is 6.30. The molecule has 1 aromatic carbocycles. The van der Waals surface area contributed by atoms with Crippen molar-refractivity contribution in [3.63, 3.8) is 0 Å². The molecule has 1 aromatic heterocycles. The SMILES string of the molecule is CC(C)(C)c1cc(C(=O)Nc2ccc(Cl)cc2)n[nH]1. The van der Waals surface area contributed by atoms with Gasteiger partial charge in [0.15, 0.2) is 5.69 Å². The normalized spacial score (nSPS) is 11.4. The summed E-state index contributed by atoms with van der Waals surface area (Å²) in [6.45, 7) is 6.17. The second kappa shape index (κ2) is 5.05. The largest absolute Gasteiger partial charge is 0.321 e. The number of rotatable bonds is 2. The first-order valence-corrected chi connectivity index (χ1v) is 6.37. The molecule has 2 N–H and O–H groups in total. The number of carbonyl (C=O) groups is 1. The highest BCUT2D eigenvalue weighted by Crippen LogP contribution is 2.21. The van der Waals surface area contributed by atoms with Crippen LogP contribution in [-0.2, 0) is 5.41 Å². The van der Waals surface area contributed by atoms with Gasteiger partial charge in [-0.25, -0.2) is 0 Å². The predicted molar refractivity (Wildman–Crippen MR) is 76.7 cm³/mol. The number of hydrogen-bond acceptors (Lipinski definition) is 2. The van der Waals surface area contributed by atoms with Gasteiger partial charge in [0.25, 0.3) is 5.91 Å². The topological polar surface area (TPSA) is 57.8 Å². The standard InChI is InChI=1S/C14H16ClN3O/c1-14(2,3)12-8-11(17-18-12)13(19)16-10-6-4-9(15)5-7-10/h4-8H,1-3H3,(H,16,19)(H,17,18). The van der Waals surface area contributed by atoms with Gasteiger partial charge in [-0.05, 0) is 30.3 Å². The molecule has 2 rings (SSSR count). The Bertz CT molecular complexity index is 581. The zero-order valence-electron chi connectivity index (χ0n) is 11.1. The summed E-state index contributed by atoms with van der Waals surface area (Å²) in [6, 6.07) is 8.71. The Morgan fingerprint density at radius 3 is 2.42 bits per heavy atom. The number of benzene rings is 1. The first-order chi connectivity index (χ1) is 8.86. The third kappa shape index (κ3) is 3.35. The molecule has 0 fully saturated rings. The number of aromatic amines is 1. The fraction of sp³-hybridized carbons (Fsp3) is 0.286. The number of amides is 1. The molecule has 19 heavy (non-hydrogen) atoms. The highest BCUT2D eigenvalue weighted by Gasteiger charge is 2.19. The summed E-state index contributed by atoms with van der Waals surface area (Å²) in [4.78, 5) is 12.0. The molecule has 1 amide bonds. The molecule has 0 aliphatic carbocycles. The minimum Gasteiger partial charge on any atom is -0.321 e. The molecular formula is C14H16ClN3O. The van der Waals surface area contributed by atoms with Crippen LogP contribution in [0.3, 0.4) is 0 Å². The second-order valence-electron chi connectivity index (χ2n) is 5.38. The molecule has 100 valence electrons. The summed E-state index contributed by atoms with van der Waals surface area (Å²) in [7, 11) is 0. The van der Waals surface area contributed by atoms with Crippen LogP contribution in [0, 0.1) is 0 Å². The smallest absolute Gasteiger partial charge is 0.276 e. The molecule has 0 bridgehead atoms. The predicted octanol–water partition coefficient (Wildman–Crippen LogP) is 3.61. The van der Waals surface area contributed by atoms with Gasteiger partial charge < -0.3 is 5.32 Å². The van der Waals surface area contributed by atoms with Crippen LogP contribution < -0.4 is 5.32 Å². The molecule has 0 radical (unpaired) electrons. The van der Waals surface area contributed by atoms with Crippen molar-refractivity contribution in [3.8, 4) is 0 Å². The lowest BCUT2D eigenvalue weighted by atomic mass is 9.92. The zero-order chi connectivity index (χ0) is 14.0. The summed E-state index contributed by atoms with van der Waals surface area (Å²) in [6.07, 6.45) is 0. The molecule has 0 unspecified atom stereocenters. The van der Waals surface area contributed by atoms with Gasteiger partial charge in [0.05, 0.1) is 0 Å². The lowest BCUT2D eigenvalue weighted by Gasteiger charge is -2.14. The Hall–Kier alpha value is -1.81. The molecule has 5 heteroatoms. The van der Waals surface area contributed by atoms with E-state index in [9.17, 15) is 4.79 Å². The van der Waals surface area contributed by atoms with E-state index in [1.807, 2.05) is 0 Å². The maximum Gasteiger partial charge on any atom is 0.276 e. The van der Waals surface area contributed by atoms with Crippen molar-refractivity contribution in [2.24, 2.45) is 0 Å². The van der Waals surface area contributed by atoms with Crippen LogP contribution in [0.15, 0.2) is 30.3 Å². The number of halogens is 1. The number of aromatic nitrogens is 2. The maximum atomic E-state index is 12.0. The van der Waals surface area contributed by atoms with Crippen molar-refractivity contribution < 1.29 is 4.79 Å². The van der Waals surface area contributed by atoms with Gasteiger partial charge in [-0.2, -0.15) is 5.10 Å². The Morgan fingerprint density at radius 2 is 1.89 bits per heavy atom. The first-order valence-electron chi connectivity index (χ1n) is 5.99. The number of nitrogens with zero attached hydrogens (tertiary/aromatic N) is 1. The van der Waals surface area contributed by atoms with Crippen LogP contribution in [0.2, 0.25) is 5.02 Å². The summed E-state index contributed by atoms with van der Waals surface area (Å²) < 4.78 is 0. The molecule has 0 spiro atoms. The minimum atomic E-state index is -0.242. The maximum absolute atomic E-state index is 12.0. The van der Waals surface area contributed by atoms with Gasteiger partial charge >= 0.3 is 0 Å². The quantitative estimate of drug-likeness (QED) is 0.881. The Morgan fingerprint density at radius 1 is 1.26 bits per heavy atom. The molecule has 4 nitrogen and oxygen atoms in total. The fourth-order valence-corrected chi connectivity index (χ4v) is 1.68. The van der Waals surface area contributed by atoms with Gasteiger partial charge in [0.2, 0.25) is 0 Å². The molecule has 0 saturated carbocycles. The third-order valence-corrected chi connectivity index (χ3v) is 2.97. The van der Waals surface area contributed by atoms with E-state index in [1.165, 1.54) is 0 Å². The Kier molecular flexibility index (Phi) is 3.62. The van der Waals surface area contributed by atoms with Crippen LogP contribution in [0.1, 0.15) is 37.0 Å². The van der Waals surface area contributed by atoms with E-state index in [4.69, 9.17) is 11.6 Å². The van der Waals surface area contributed by atoms with Crippen molar-refractivity contribution in [1.82, 2.24) is 10.2 Å². The summed E-state index contributed by atoms with van der Waals surface area (Å²) in [5, 5.41) is 10.3. The molecular weight excluding hydrogens is 262 g/mol. The molecule has 0 atom stereocenters. The summed E-state index contributed by atoms with van der Waals surface area (Å²) in [5.74, 6) is -0.242. The van der Waals surface area contributed by atoms with E-state index < -0.39 is 0 Å². The van der Waals surface area contributed by atoms with Crippen LogP contribution >= 0.6 is 11.6 Å². The van der Waals surface area contributed by atoms with Crippen LogP contribution in [0.4, 0.5) is 5.69 Å². The molecule has 2 aromatic rings. The van der Waals surface area contributed by atoms with Gasteiger partial charge in [-0.1, -0.05) is 32.4 Å². The number of hydrogen-bond donors (Lipinski definition) is 2. The number of H-pyrrole nitrogens is 1. The van der Waals surface area contributed by atoms with E-state index >= 15 is 0 Å². The average Bonchev–Trinajstić information content (AvgIpc) is 2.81. The molecule has 0 aliphatic rings. The minimum absolute atomic E-state index is 0.0637. The van der Waals surface area contributed by atoms with E-state index in [-0.39, 0.29) is 11.3 Å². The second-order valence-corrected chi connectivity index (χ2v) is 5.81. The van der Waals surface area contributed by atoms with Crippen molar-refractivity contribution >= 4 is 23.2 Å². The summed E-state index contributed by atoms with van der Waals surface area (Å²) >= 11 is 5.79. The van der Waals surface area contributed by atoms with Crippen molar-refractivity contribution in [2.45, 2.75) is 26.2 Å². The van der Waals surface area contributed by atoms with Crippen LogP contribution in [-0.4, -0.2) is 16.1 Å². The van der Waals surface area contributed by atoms with Crippen molar-refractivity contribution in [3.05, 3.63) is 46.7 Å². The third-order valence-electron chi connectivity index (χ3n) is 2.72. The highest BCUT2D eigenvalue weighted by atomic mass is 35.5. The van der Waals surface area contributed by atoms with Crippen LogP contribution in [0.5, 0.6) is 0 Å². The number of nitrogens with one attached hydrogen (secondary N) is 2. The average molecular weight is 278 g/mol. The Balaban J connectivity index is 2.12. The lowest BCUT2D eigenvalue weighted by molar-refractivity contribution is 0.102. The summed E-state index contributed by atoms with van der Waals surface area (Å²) in [5.41, 5.74) is 1.93. The van der Waals surface area contributed by atoms with Gasteiger partial charge in [-0.15, -0.1) is 0 Å². The van der Waals surface area contributed by atoms with E-state index in [0.717, 1.165) is 5.69 Å².